The van der Waals surface area contributed by atoms with Crippen molar-refractivity contribution in [1.29, 1.82) is 0 Å². The summed E-state index contributed by atoms with van der Waals surface area (Å²) in [6, 6.07) is 3.59. The number of pyridine rings is 1. The van der Waals surface area contributed by atoms with Gasteiger partial charge in [0.15, 0.2) is 5.82 Å². The van der Waals surface area contributed by atoms with Crippen LogP contribution in [0.25, 0.3) is 11.4 Å². The van der Waals surface area contributed by atoms with Gasteiger partial charge in [-0.15, -0.1) is 10.2 Å². The number of nitrogens with zero attached hydrogens (tertiary/aromatic N) is 4. The fraction of sp³-hybridized carbons (Fsp3) is 0.417. The summed E-state index contributed by atoms with van der Waals surface area (Å²) in [6.45, 7) is 7.41. The first kappa shape index (κ1) is 14.6. The lowest BCUT2D eigenvalue weighted by molar-refractivity contribution is 0.366. The number of hydrogen-bond acceptors (Lipinski definition) is 5. The van der Waals surface area contributed by atoms with Crippen LogP contribution in [-0.2, 0) is 15.6 Å². The van der Waals surface area contributed by atoms with Gasteiger partial charge in [-0.05, 0) is 39.8 Å². The lowest BCUT2D eigenvalue weighted by Gasteiger charge is -2.24. The van der Waals surface area contributed by atoms with Crippen LogP contribution in [0.3, 0.4) is 0 Å². The van der Waals surface area contributed by atoms with Gasteiger partial charge in [0.05, 0.1) is 0 Å². The van der Waals surface area contributed by atoms with Crippen LogP contribution in [0.1, 0.15) is 26.5 Å². The van der Waals surface area contributed by atoms with Gasteiger partial charge in [-0.25, -0.2) is 13.6 Å². The molecule has 7 nitrogen and oxygen atoms in total. The van der Waals surface area contributed by atoms with Crippen molar-refractivity contribution in [1.82, 2.24) is 19.7 Å². The van der Waals surface area contributed by atoms with Crippen molar-refractivity contribution in [2.75, 3.05) is 0 Å². The van der Waals surface area contributed by atoms with E-state index >= 15 is 0 Å². The molecule has 0 amide bonds. The third-order valence-corrected chi connectivity index (χ3v) is 3.58. The molecule has 0 fully saturated rings. The highest BCUT2D eigenvalue weighted by atomic mass is 32.2. The van der Waals surface area contributed by atoms with Gasteiger partial charge in [-0.2, -0.15) is 0 Å². The molecule has 0 aliphatic carbocycles. The van der Waals surface area contributed by atoms with Crippen LogP contribution in [0.5, 0.6) is 0 Å². The van der Waals surface area contributed by atoms with Gasteiger partial charge in [-0.1, -0.05) is 0 Å². The van der Waals surface area contributed by atoms with E-state index in [0.717, 1.165) is 11.3 Å². The van der Waals surface area contributed by atoms with Crippen molar-refractivity contribution >= 4 is 10.0 Å². The summed E-state index contributed by atoms with van der Waals surface area (Å²) >= 11 is 0. The summed E-state index contributed by atoms with van der Waals surface area (Å²) < 4.78 is 24.9. The lowest BCUT2D eigenvalue weighted by atomic mass is 10.1. The van der Waals surface area contributed by atoms with Crippen molar-refractivity contribution < 1.29 is 8.42 Å². The molecular formula is C12H17N5O2S. The Balaban J connectivity index is 2.81. The first-order chi connectivity index (χ1) is 9.12. The second-order valence-electron chi connectivity index (χ2n) is 5.49. The largest absolute Gasteiger partial charge is 0.291 e. The molecule has 2 aromatic rings. The summed E-state index contributed by atoms with van der Waals surface area (Å²) in [4.78, 5) is 4.19. The second kappa shape index (κ2) is 4.64. The van der Waals surface area contributed by atoms with Gasteiger partial charge in [0, 0.05) is 23.0 Å². The molecule has 0 aliphatic heterocycles. The van der Waals surface area contributed by atoms with Crippen LogP contribution in [-0.4, -0.2) is 28.2 Å². The Morgan fingerprint density at radius 3 is 2.40 bits per heavy atom. The Kier molecular flexibility index (Phi) is 3.39. The Bertz CT molecular complexity index is 743. The van der Waals surface area contributed by atoms with Gasteiger partial charge in [-0.3, -0.25) is 9.55 Å². The van der Waals surface area contributed by atoms with Gasteiger partial charge in [0.2, 0.25) is 0 Å². The maximum absolute atomic E-state index is 11.7. The molecule has 20 heavy (non-hydrogen) atoms. The maximum atomic E-state index is 11.7. The minimum atomic E-state index is -3.95. The van der Waals surface area contributed by atoms with E-state index in [2.05, 4.69) is 15.2 Å². The molecule has 2 heterocycles. The smallest absolute Gasteiger partial charge is 0.273 e. The summed E-state index contributed by atoms with van der Waals surface area (Å²) in [7, 11) is -3.95. The average molecular weight is 295 g/mol. The molecule has 0 bridgehead atoms. The number of aromatic nitrogens is 4. The van der Waals surface area contributed by atoms with E-state index in [0.29, 0.717) is 5.82 Å². The number of aryl methyl sites for hydroxylation is 1. The van der Waals surface area contributed by atoms with Crippen molar-refractivity contribution in [2.45, 2.75) is 38.4 Å². The van der Waals surface area contributed by atoms with E-state index in [9.17, 15) is 8.42 Å². The van der Waals surface area contributed by atoms with E-state index < -0.39 is 15.6 Å². The molecule has 8 heteroatoms. The Morgan fingerprint density at radius 2 is 1.90 bits per heavy atom. The first-order valence-corrected chi connectivity index (χ1v) is 7.57. The predicted molar refractivity (Wildman–Crippen MR) is 74.4 cm³/mol. The number of rotatable bonds is 2. The fourth-order valence-corrected chi connectivity index (χ4v) is 2.72. The zero-order chi connectivity index (χ0) is 15.1. The number of nitrogens with two attached hydrogens (primary N) is 1. The topological polar surface area (TPSA) is 104 Å². The third kappa shape index (κ3) is 2.56. The maximum Gasteiger partial charge on any atom is 0.273 e. The summed E-state index contributed by atoms with van der Waals surface area (Å²) in [5.74, 6) is 0.437. The molecule has 2 rings (SSSR count). The molecular weight excluding hydrogens is 278 g/mol. The van der Waals surface area contributed by atoms with Crippen LogP contribution in [0.2, 0.25) is 0 Å². The van der Waals surface area contributed by atoms with E-state index in [1.54, 1.807) is 12.3 Å². The average Bonchev–Trinajstić information content (AvgIpc) is 2.73. The minimum absolute atomic E-state index is 0.247. The zero-order valence-corrected chi connectivity index (χ0v) is 12.6. The monoisotopic (exact) mass is 295 g/mol. The molecule has 0 aliphatic rings. The molecule has 0 spiro atoms. The van der Waals surface area contributed by atoms with Crippen LogP contribution < -0.4 is 5.14 Å². The quantitative estimate of drug-likeness (QED) is 0.891. The Labute approximate surface area is 117 Å². The van der Waals surface area contributed by atoms with Crippen LogP contribution >= 0.6 is 0 Å². The predicted octanol–water partition coefficient (Wildman–Crippen LogP) is 1.05. The molecule has 2 N–H and O–H groups in total. The third-order valence-electron chi connectivity index (χ3n) is 2.81. The summed E-state index contributed by atoms with van der Waals surface area (Å²) in [5.41, 5.74) is 0.930. The highest BCUT2D eigenvalue weighted by Gasteiger charge is 2.29. The van der Waals surface area contributed by atoms with Crippen molar-refractivity contribution in [3.05, 3.63) is 24.0 Å². The van der Waals surface area contributed by atoms with E-state index in [1.165, 1.54) is 4.57 Å². The number of sulfonamides is 1. The lowest BCUT2D eigenvalue weighted by Crippen LogP contribution is -2.29. The molecule has 0 saturated heterocycles. The molecule has 0 saturated carbocycles. The van der Waals surface area contributed by atoms with Gasteiger partial charge in [0.1, 0.15) is 0 Å². The van der Waals surface area contributed by atoms with Crippen molar-refractivity contribution in [3.63, 3.8) is 0 Å². The van der Waals surface area contributed by atoms with Gasteiger partial charge < -0.3 is 0 Å². The van der Waals surface area contributed by atoms with Crippen LogP contribution in [0.4, 0.5) is 0 Å². The summed E-state index contributed by atoms with van der Waals surface area (Å²) in [6.07, 6.45) is 1.66. The zero-order valence-electron chi connectivity index (χ0n) is 11.8. The van der Waals surface area contributed by atoms with Gasteiger partial charge in [0.25, 0.3) is 15.2 Å². The minimum Gasteiger partial charge on any atom is -0.291 e. The van der Waals surface area contributed by atoms with Crippen LogP contribution in [0.15, 0.2) is 23.5 Å². The standard InChI is InChI=1S/C12H17N5O2S/c1-8-9(6-5-7-14-8)10-15-16-11(20(13,18)19)17(10)12(2,3)4/h5-7H,1-4H3,(H2,13,18,19). The van der Waals surface area contributed by atoms with E-state index in [4.69, 9.17) is 5.14 Å². The molecule has 0 aromatic carbocycles. The molecule has 2 aromatic heterocycles. The highest BCUT2D eigenvalue weighted by Crippen LogP contribution is 2.28. The SMILES string of the molecule is Cc1ncccc1-c1nnc(S(N)(=O)=O)n1C(C)(C)C. The second-order valence-corrected chi connectivity index (χ2v) is 6.95. The normalized spacial score (nSPS) is 12.7. The molecule has 108 valence electrons. The molecule has 0 radical (unpaired) electrons. The fourth-order valence-electron chi connectivity index (χ4n) is 1.95. The van der Waals surface area contributed by atoms with Crippen LogP contribution in [0, 0.1) is 6.92 Å². The first-order valence-electron chi connectivity index (χ1n) is 6.03. The highest BCUT2D eigenvalue weighted by molar-refractivity contribution is 7.89. The van der Waals surface area contributed by atoms with E-state index in [1.807, 2.05) is 33.8 Å². The van der Waals surface area contributed by atoms with Crippen molar-refractivity contribution in [3.8, 4) is 11.4 Å². The molecule has 0 atom stereocenters. The number of primary sulfonamides is 1. The van der Waals surface area contributed by atoms with Gasteiger partial charge >= 0.3 is 0 Å². The molecule has 0 unspecified atom stereocenters. The Morgan fingerprint density at radius 1 is 1.25 bits per heavy atom. The number of hydrogen-bond donors (Lipinski definition) is 1. The van der Waals surface area contributed by atoms with Crippen molar-refractivity contribution in [2.24, 2.45) is 5.14 Å². The van der Waals surface area contributed by atoms with E-state index in [-0.39, 0.29) is 5.16 Å². The summed E-state index contributed by atoms with van der Waals surface area (Å²) in [5, 5.41) is 12.7. The Hall–Kier alpha value is -1.80.